The first-order valence-corrected chi connectivity index (χ1v) is 11.7. The van der Waals surface area contributed by atoms with Crippen LogP contribution in [0.25, 0.3) is 0 Å². The van der Waals surface area contributed by atoms with Crippen LogP contribution in [0.2, 0.25) is 0 Å². The third-order valence-electron chi connectivity index (χ3n) is 5.75. The topological polar surface area (TPSA) is 105 Å². The summed E-state index contributed by atoms with van der Waals surface area (Å²) in [6.07, 6.45) is 0.164. The molecule has 10 heteroatoms. The van der Waals surface area contributed by atoms with Gasteiger partial charge in [-0.3, -0.25) is 9.59 Å². The maximum atomic E-state index is 13.5. The van der Waals surface area contributed by atoms with Crippen LogP contribution in [-0.4, -0.2) is 43.2 Å². The van der Waals surface area contributed by atoms with Crippen LogP contribution in [0.15, 0.2) is 35.2 Å². The van der Waals surface area contributed by atoms with Crippen LogP contribution in [0, 0.1) is 19.7 Å². The number of carbonyl (C=O) groups is 2. The van der Waals surface area contributed by atoms with Gasteiger partial charge in [0.25, 0.3) is 5.91 Å². The summed E-state index contributed by atoms with van der Waals surface area (Å²) in [6.45, 7) is 5.07. The van der Waals surface area contributed by atoms with Crippen LogP contribution in [-0.2, 0) is 19.6 Å². The number of fused-ring (bicyclic) bond motifs is 1. The number of halogens is 1. The van der Waals surface area contributed by atoms with Gasteiger partial charge in [-0.25, -0.2) is 12.8 Å². The zero-order valence-electron chi connectivity index (χ0n) is 17.9. The van der Waals surface area contributed by atoms with Gasteiger partial charge in [0.2, 0.25) is 15.9 Å². The number of hydrogen-bond donors (Lipinski definition) is 2. The van der Waals surface area contributed by atoms with E-state index in [0.717, 1.165) is 0 Å². The normalized spacial score (nSPS) is 20.9. The largest absolute Gasteiger partial charge is 0.479 e. The molecule has 2 atom stereocenters. The monoisotopic (exact) mass is 461 g/mol. The Bertz CT molecular complexity index is 1210. The summed E-state index contributed by atoms with van der Waals surface area (Å²) in [6, 6.07) is 6.06. The molecule has 170 valence electrons. The first kappa shape index (κ1) is 22.2. The summed E-state index contributed by atoms with van der Waals surface area (Å²) in [5.74, 6) is -0.919. The second kappa shape index (κ2) is 8.18. The number of nitrogens with one attached hydrogen (secondary N) is 2. The van der Waals surface area contributed by atoms with Gasteiger partial charge in [-0.15, -0.1) is 0 Å². The SMILES string of the molecule is Cc1cc(F)ccc1NC(=O)C1CCCN1S(=O)(=O)c1cc2c(cc1C)NC(=O)C(C)O2. The van der Waals surface area contributed by atoms with Crippen molar-refractivity contribution in [1.82, 2.24) is 4.31 Å². The first-order chi connectivity index (χ1) is 15.1. The van der Waals surface area contributed by atoms with Crippen LogP contribution in [0.5, 0.6) is 5.75 Å². The van der Waals surface area contributed by atoms with Gasteiger partial charge >= 0.3 is 0 Å². The Morgan fingerprint density at radius 1 is 1.22 bits per heavy atom. The Balaban J connectivity index is 1.63. The van der Waals surface area contributed by atoms with E-state index in [-0.39, 0.29) is 23.1 Å². The average molecular weight is 462 g/mol. The zero-order valence-corrected chi connectivity index (χ0v) is 18.8. The summed E-state index contributed by atoms with van der Waals surface area (Å²) < 4.78 is 47.2. The Morgan fingerprint density at radius 3 is 2.69 bits per heavy atom. The number of sulfonamides is 1. The summed E-state index contributed by atoms with van der Waals surface area (Å²) in [4.78, 5) is 24.8. The van der Waals surface area contributed by atoms with Crippen LogP contribution >= 0.6 is 0 Å². The Labute approximate surface area is 185 Å². The summed E-state index contributed by atoms with van der Waals surface area (Å²) in [5.41, 5.74) is 1.82. The number of hydrogen-bond acceptors (Lipinski definition) is 5. The number of nitrogens with zero attached hydrogens (tertiary/aromatic N) is 1. The number of amides is 2. The highest BCUT2D eigenvalue weighted by atomic mass is 32.2. The van der Waals surface area contributed by atoms with Crippen molar-refractivity contribution in [2.75, 3.05) is 17.2 Å². The van der Waals surface area contributed by atoms with Crippen LogP contribution in [0.4, 0.5) is 15.8 Å². The molecule has 0 bridgehead atoms. The molecule has 0 radical (unpaired) electrons. The third kappa shape index (κ3) is 3.95. The van der Waals surface area contributed by atoms with Gasteiger partial charge in [-0.2, -0.15) is 4.31 Å². The van der Waals surface area contributed by atoms with Crippen molar-refractivity contribution in [2.24, 2.45) is 0 Å². The van der Waals surface area contributed by atoms with E-state index in [4.69, 9.17) is 4.74 Å². The van der Waals surface area contributed by atoms with E-state index < -0.39 is 33.9 Å². The maximum absolute atomic E-state index is 13.5. The van der Waals surface area contributed by atoms with Gasteiger partial charge in [-0.1, -0.05) is 0 Å². The molecule has 0 saturated carbocycles. The highest BCUT2D eigenvalue weighted by Crippen LogP contribution is 2.37. The molecule has 0 aromatic heterocycles. The van der Waals surface area contributed by atoms with Crippen molar-refractivity contribution in [3.63, 3.8) is 0 Å². The second-order valence-electron chi connectivity index (χ2n) is 8.09. The minimum Gasteiger partial charge on any atom is -0.479 e. The molecule has 8 nitrogen and oxygen atoms in total. The summed E-state index contributed by atoms with van der Waals surface area (Å²) in [5, 5.41) is 5.42. The molecule has 0 aliphatic carbocycles. The van der Waals surface area contributed by atoms with Gasteiger partial charge in [0.05, 0.1) is 10.6 Å². The van der Waals surface area contributed by atoms with E-state index in [1.807, 2.05) is 0 Å². The second-order valence-corrected chi connectivity index (χ2v) is 9.94. The molecule has 2 heterocycles. The fourth-order valence-corrected chi connectivity index (χ4v) is 5.90. The quantitative estimate of drug-likeness (QED) is 0.729. The number of benzene rings is 2. The van der Waals surface area contributed by atoms with E-state index in [1.54, 1.807) is 26.8 Å². The van der Waals surface area contributed by atoms with Crippen LogP contribution < -0.4 is 15.4 Å². The third-order valence-corrected chi connectivity index (χ3v) is 7.80. The Morgan fingerprint density at radius 2 is 1.97 bits per heavy atom. The molecule has 2 aliphatic heterocycles. The number of ether oxygens (including phenoxy) is 1. The van der Waals surface area contributed by atoms with Crippen molar-refractivity contribution in [3.05, 3.63) is 47.3 Å². The van der Waals surface area contributed by atoms with Crippen molar-refractivity contribution >= 4 is 33.2 Å². The standard InChI is InChI=1S/C22H24FN3O5S/c1-12-9-15(23)6-7-16(12)24-22(28)18-5-4-8-26(18)32(29,30)20-11-19-17(10-13(20)2)25-21(27)14(3)31-19/h6-7,9-11,14,18H,4-5,8H2,1-3H3,(H,24,28)(H,25,27). The van der Waals surface area contributed by atoms with E-state index >= 15 is 0 Å². The van der Waals surface area contributed by atoms with Gasteiger partial charge in [0.1, 0.15) is 17.6 Å². The average Bonchev–Trinajstić information content (AvgIpc) is 3.22. The molecule has 2 aliphatic rings. The lowest BCUT2D eigenvalue weighted by Crippen LogP contribution is -2.43. The lowest BCUT2D eigenvalue weighted by atomic mass is 10.1. The molecule has 4 rings (SSSR count). The van der Waals surface area contributed by atoms with Crippen LogP contribution in [0.1, 0.15) is 30.9 Å². The fourth-order valence-electron chi connectivity index (χ4n) is 4.02. The van der Waals surface area contributed by atoms with E-state index in [9.17, 15) is 22.4 Å². The lowest BCUT2D eigenvalue weighted by Gasteiger charge is -2.27. The number of rotatable bonds is 4. The van der Waals surface area contributed by atoms with Gasteiger partial charge in [0.15, 0.2) is 6.10 Å². The minimum absolute atomic E-state index is 0.0252. The predicted molar refractivity (Wildman–Crippen MR) is 117 cm³/mol. The lowest BCUT2D eigenvalue weighted by molar-refractivity contribution is -0.122. The van der Waals surface area contributed by atoms with Gasteiger partial charge in [0, 0.05) is 18.3 Å². The van der Waals surface area contributed by atoms with E-state index in [2.05, 4.69) is 10.6 Å². The van der Waals surface area contributed by atoms with Gasteiger partial charge < -0.3 is 15.4 Å². The van der Waals surface area contributed by atoms with Crippen molar-refractivity contribution in [1.29, 1.82) is 0 Å². The molecule has 2 N–H and O–H groups in total. The van der Waals surface area contributed by atoms with Crippen LogP contribution in [0.3, 0.4) is 0 Å². The molecule has 1 fully saturated rings. The molecule has 2 aromatic rings. The van der Waals surface area contributed by atoms with Crippen molar-refractivity contribution in [2.45, 2.75) is 50.7 Å². The number of anilines is 2. The Kier molecular flexibility index (Phi) is 5.68. The molecule has 0 spiro atoms. The Hall–Kier alpha value is -2.98. The minimum atomic E-state index is -4.02. The fraction of sp³-hybridized carbons (Fsp3) is 0.364. The molecule has 1 saturated heterocycles. The molecule has 2 unspecified atom stereocenters. The van der Waals surface area contributed by atoms with Gasteiger partial charge in [-0.05, 0) is 69.0 Å². The number of carbonyl (C=O) groups excluding carboxylic acids is 2. The van der Waals surface area contributed by atoms with E-state index in [0.29, 0.717) is 35.3 Å². The molecule has 32 heavy (non-hydrogen) atoms. The highest BCUT2D eigenvalue weighted by molar-refractivity contribution is 7.89. The molecule has 2 aromatic carbocycles. The molecular weight excluding hydrogens is 437 g/mol. The molecular formula is C22H24FN3O5S. The predicted octanol–water partition coefficient (Wildman–Crippen LogP) is 2.95. The maximum Gasteiger partial charge on any atom is 0.265 e. The zero-order chi connectivity index (χ0) is 23.2. The smallest absolute Gasteiger partial charge is 0.265 e. The van der Waals surface area contributed by atoms with Crippen molar-refractivity contribution < 1.29 is 27.1 Å². The summed E-state index contributed by atoms with van der Waals surface area (Å²) >= 11 is 0. The highest BCUT2D eigenvalue weighted by Gasteiger charge is 2.41. The molecule has 2 amide bonds. The first-order valence-electron chi connectivity index (χ1n) is 10.3. The summed E-state index contributed by atoms with van der Waals surface area (Å²) in [7, 11) is -4.02. The van der Waals surface area contributed by atoms with Crippen molar-refractivity contribution in [3.8, 4) is 5.75 Å². The number of aryl methyl sites for hydroxylation is 2. The van der Waals surface area contributed by atoms with E-state index in [1.165, 1.54) is 28.6 Å².